The zero-order valence-corrected chi connectivity index (χ0v) is 11.3. The van der Waals surface area contributed by atoms with Gasteiger partial charge in [-0.25, -0.2) is 0 Å². The fraction of sp³-hybridized carbons (Fsp3) is 0.538. The van der Waals surface area contributed by atoms with Crippen LogP contribution >= 0.6 is 23.2 Å². The Morgan fingerprint density at radius 3 is 2.41 bits per heavy atom. The van der Waals surface area contributed by atoms with Gasteiger partial charge < -0.3 is 5.73 Å². The summed E-state index contributed by atoms with van der Waals surface area (Å²) in [6, 6.07) is 6.09. The topological polar surface area (TPSA) is 29.3 Å². The molecule has 0 bridgehead atoms. The molecule has 1 aliphatic rings. The van der Waals surface area contributed by atoms with Gasteiger partial charge in [0.2, 0.25) is 0 Å². The third-order valence-corrected chi connectivity index (χ3v) is 4.12. The number of likely N-dealkylation sites (tertiary alicyclic amines) is 1. The van der Waals surface area contributed by atoms with Crippen molar-refractivity contribution in [3.8, 4) is 0 Å². The van der Waals surface area contributed by atoms with Crippen molar-refractivity contribution >= 4 is 23.2 Å². The second kappa shape index (κ2) is 6.05. The van der Waals surface area contributed by atoms with Crippen LogP contribution in [0.1, 0.15) is 30.9 Å². The number of rotatable bonds is 3. The van der Waals surface area contributed by atoms with Gasteiger partial charge in [0.1, 0.15) is 0 Å². The van der Waals surface area contributed by atoms with Crippen molar-refractivity contribution in [2.75, 3.05) is 19.6 Å². The summed E-state index contributed by atoms with van der Waals surface area (Å²) in [6.07, 6.45) is 3.85. The summed E-state index contributed by atoms with van der Waals surface area (Å²) in [5.41, 5.74) is 7.08. The van der Waals surface area contributed by atoms with Crippen LogP contribution < -0.4 is 5.73 Å². The van der Waals surface area contributed by atoms with E-state index in [2.05, 4.69) is 4.90 Å². The molecule has 0 aliphatic carbocycles. The highest BCUT2D eigenvalue weighted by Gasteiger charge is 2.21. The zero-order chi connectivity index (χ0) is 12.3. The first kappa shape index (κ1) is 13.2. The normalized spacial score (nSPS) is 19.2. The molecule has 17 heavy (non-hydrogen) atoms. The standard InChI is InChI=1S/C13H18Cl2N2/c14-11-5-4-10(8-12(11)15)13(9-16)17-6-2-1-3-7-17/h4-5,8,13H,1-3,6-7,9,16H2/t13-/m1/s1. The Balaban J connectivity index is 2.18. The van der Waals surface area contributed by atoms with E-state index in [9.17, 15) is 0 Å². The quantitative estimate of drug-likeness (QED) is 0.913. The Bertz CT molecular complexity index is 376. The molecule has 1 aromatic rings. The fourth-order valence-electron chi connectivity index (χ4n) is 2.45. The van der Waals surface area contributed by atoms with E-state index in [0.29, 0.717) is 16.6 Å². The second-order valence-corrected chi connectivity index (χ2v) is 5.34. The molecule has 1 heterocycles. The van der Waals surface area contributed by atoms with Crippen LogP contribution in [0.5, 0.6) is 0 Å². The maximum Gasteiger partial charge on any atom is 0.0595 e. The number of benzene rings is 1. The largest absolute Gasteiger partial charge is 0.329 e. The van der Waals surface area contributed by atoms with Gasteiger partial charge in [-0.1, -0.05) is 35.7 Å². The first-order valence-electron chi connectivity index (χ1n) is 6.11. The minimum Gasteiger partial charge on any atom is -0.329 e. The molecule has 0 amide bonds. The maximum atomic E-state index is 6.06. The lowest BCUT2D eigenvalue weighted by atomic mass is 10.0. The molecule has 1 fully saturated rings. The number of nitrogens with zero attached hydrogens (tertiary/aromatic N) is 1. The predicted octanol–water partition coefficient (Wildman–Crippen LogP) is 3.48. The Morgan fingerprint density at radius 2 is 1.82 bits per heavy atom. The van der Waals surface area contributed by atoms with Gasteiger partial charge in [-0.3, -0.25) is 4.90 Å². The van der Waals surface area contributed by atoms with Crippen LogP contribution in [0.25, 0.3) is 0 Å². The summed E-state index contributed by atoms with van der Waals surface area (Å²) in [7, 11) is 0. The molecule has 0 aromatic heterocycles. The molecule has 1 aromatic carbocycles. The SMILES string of the molecule is NC[C@H](c1ccc(Cl)c(Cl)c1)N1CCCCC1. The summed E-state index contributed by atoms with van der Waals surface area (Å²) >= 11 is 12.0. The highest BCUT2D eigenvalue weighted by atomic mass is 35.5. The summed E-state index contributed by atoms with van der Waals surface area (Å²) < 4.78 is 0. The number of nitrogens with two attached hydrogens (primary N) is 1. The molecule has 2 N–H and O–H groups in total. The van der Waals surface area contributed by atoms with Gasteiger partial charge in [-0.2, -0.15) is 0 Å². The molecule has 0 radical (unpaired) electrons. The van der Waals surface area contributed by atoms with E-state index in [1.807, 2.05) is 18.2 Å². The molecule has 0 spiro atoms. The summed E-state index contributed by atoms with van der Waals surface area (Å²) in [4.78, 5) is 2.45. The van der Waals surface area contributed by atoms with Gasteiger partial charge in [0.25, 0.3) is 0 Å². The number of halogens is 2. The van der Waals surface area contributed by atoms with Crippen molar-refractivity contribution in [3.63, 3.8) is 0 Å². The van der Waals surface area contributed by atoms with Crippen LogP contribution in [0.15, 0.2) is 18.2 Å². The van der Waals surface area contributed by atoms with Gasteiger partial charge in [-0.05, 0) is 43.6 Å². The van der Waals surface area contributed by atoms with Gasteiger partial charge in [0.05, 0.1) is 10.0 Å². The third kappa shape index (κ3) is 3.14. The summed E-state index contributed by atoms with van der Waals surface area (Å²) in [6.45, 7) is 2.88. The molecule has 1 aliphatic heterocycles. The predicted molar refractivity (Wildman–Crippen MR) is 73.7 cm³/mol. The average molecular weight is 273 g/mol. The van der Waals surface area contributed by atoms with Crippen LogP contribution in [-0.4, -0.2) is 24.5 Å². The molecule has 1 saturated heterocycles. The van der Waals surface area contributed by atoms with E-state index in [1.54, 1.807) is 0 Å². The zero-order valence-electron chi connectivity index (χ0n) is 9.83. The van der Waals surface area contributed by atoms with Crippen molar-refractivity contribution in [1.82, 2.24) is 4.90 Å². The molecule has 0 unspecified atom stereocenters. The lowest BCUT2D eigenvalue weighted by molar-refractivity contribution is 0.167. The van der Waals surface area contributed by atoms with Crippen molar-refractivity contribution in [3.05, 3.63) is 33.8 Å². The molecule has 2 nitrogen and oxygen atoms in total. The Labute approximate surface area is 113 Å². The lowest BCUT2D eigenvalue weighted by Gasteiger charge is -2.34. The minimum absolute atomic E-state index is 0.269. The van der Waals surface area contributed by atoms with Crippen molar-refractivity contribution in [1.29, 1.82) is 0 Å². The van der Waals surface area contributed by atoms with E-state index in [-0.39, 0.29) is 6.04 Å². The van der Waals surface area contributed by atoms with Crippen LogP contribution in [0.3, 0.4) is 0 Å². The minimum atomic E-state index is 0.269. The average Bonchev–Trinajstić information content (AvgIpc) is 2.36. The smallest absolute Gasteiger partial charge is 0.0595 e. The van der Waals surface area contributed by atoms with Gasteiger partial charge >= 0.3 is 0 Å². The summed E-state index contributed by atoms with van der Waals surface area (Å²) in [5.74, 6) is 0. The van der Waals surface area contributed by atoms with Crippen LogP contribution in [0, 0.1) is 0 Å². The van der Waals surface area contributed by atoms with E-state index < -0.39 is 0 Å². The lowest BCUT2D eigenvalue weighted by Crippen LogP contribution is -2.37. The highest BCUT2D eigenvalue weighted by Crippen LogP contribution is 2.29. The van der Waals surface area contributed by atoms with E-state index in [4.69, 9.17) is 28.9 Å². The molecule has 2 rings (SSSR count). The fourth-order valence-corrected chi connectivity index (χ4v) is 2.75. The molecular formula is C13H18Cl2N2. The monoisotopic (exact) mass is 272 g/mol. The molecule has 4 heteroatoms. The van der Waals surface area contributed by atoms with Crippen molar-refractivity contribution in [2.24, 2.45) is 5.73 Å². The van der Waals surface area contributed by atoms with Crippen molar-refractivity contribution in [2.45, 2.75) is 25.3 Å². The first-order valence-corrected chi connectivity index (χ1v) is 6.87. The molecule has 1 atom stereocenters. The van der Waals surface area contributed by atoms with Crippen LogP contribution in [0.4, 0.5) is 0 Å². The Morgan fingerprint density at radius 1 is 1.12 bits per heavy atom. The van der Waals surface area contributed by atoms with Gasteiger partial charge in [-0.15, -0.1) is 0 Å². The van der Waals surface area contributed by atoms with Crippen molar-refractivity contribution < 1.29 is 0 Å². The highest BCUT2D eigenvalue weighted by molar-refractivity contribution is 6.42. The maximum absolute atomic E-state index is 6.06. The first-order chi connectivity index (χ1) is 8.22. The van der Waals surface area contributed by atoms with E-state index >= 15 is 0 Å². The number of piperidine rings is 1. The summed E-state index contributed by atoms with van der Waals surface area (Å²) in [5, 5.41) is 1.21. The molecular weight excluding hydrogens is 255 g/mol. The van der Waals surface area contributed by atoms with Crippen LogP contribution in [-0.2, 0) is 0 Å². The Kier molecular flexibility index (Phi) is 4.69. The van der Waals surface area contributed by atoms with E-state index in [0.717, 1.165) is 13.1 Å². The molecule has 94 valence electrons. The van der Waals surface area contributed by atoms with Crippen LogP contribution in [0.2, 0.25) is 10.0 Å². The number of hydrogen-bond acceptors (Lipinski definition) is 2. The third-order valence-electron chi connectivity index (χ3n) is 3.38. The van der Waals surface area contributed by atoms with Gasteiger partial charge in [0, 0.05) is 12.6 Å². The second-order valence-electron chi connectivity index (χ2n) is 4.52. The van der Waals surface area contributed by atoms with Gasteiger partial charge in [0.15, 0.2) is 0 Å². The van der Waals surface area contributed by atoms with E-state index in [1.165, 1.54) is 24.8 Å². The number of hydrogen-bond donors (Lipinski definition) is 1. The molecule has 0 saturated carbocycles. The Hall–Kier alpha value is -0.280.